The van der Waals surface area contributed by atoms with Crippen molar-refractivity contribution in [2.75, 3.05) is 23.7 Å². The molecular weight excluding hydrogens is 580 g/mol. The molecule has 4 aromatic rings. The van der Waals surface area contributed by atoms with E-state index < -0.39 is 12.1 Å². The lowest BCUT2D eigenvalue weighted by Gasteiger charge is -2.24. The molecule has 44 heavy (non-hydrogen) atoms. The first kappa shape index (κ1) is 29.2. The number of thiophene rings is 1. The maximum absolute atomic E-state index is 13.1. The fourth-order valence-corrected chi connectivity index (χ4v) is 6.41. The molecule has 0 unspecified atom stereocenters. The Morgan fingerprint density at radius 2 is 1.32 bits per heavy atom. The van der Waals surface area contributed by atoms with Crippen LogP contribution in [0.15, 0.2) is 70.5 Å². The third kappa shape index (κ3) is 6.40. The van der Waals surface area contributed by atoms with Gasteiger partial charge in [0, 0.05) is 47.4 Å². The van der Waals surface area contributed by atoms with Crippen LogP contribution in [0.4, 0.5) is 11.4 Å². The molecule has 11 nitrogen and oxygen atoms in total. The van der Waals surface area contributed by atoms with Gasteiger partial charge in [-0.25, -0.2) is 0 Å². The van der Waals surface area contributed by atoms with Crippen molar-refractivity contribution in [2.24, 2.45) is 0 Å². The van der Waals surface area contributed by atoms with Crippen molar-refractivity contribution in [3.8, 4) is 22.9 Å². The molecule has 2 aromatic heterocycles. The molecular formula is C32H32N6O5S. The molecule has 0 spiro atoms. The Bertz CT molecular complexity index is 1650. The quantitative estimate of drug-likeness (QED) is 0.297. The summed E-state index contributed by atoms with van der Waals surface area (Å²) in [6.45, 7) is 2.66. The molecule has 0 bridgehead atoms. The van der Waals surface area contributed by atoms with Gasteiger partial charge in [0.2, 0.25) is 35.4 Å². The minimum Gasteiger partial charge on any atom is -0.416 e. The minimum atomic E-state index is -0.488. The number of hydrogen-bond acceptors (Lipinski definition) is 8. The number of nitrogens with one attached hydrogen (secondary N) is 2. The molecule has 226 valence electrons. The second-order valence-electron chi connectivity index (χ2n) is 10.9. The molecule has 12 heteroatoms. The van der Waals surface area contributed by atoms with Gasteiger partial charge in [-0.15, -0.1) is 21.5 Å². The monoisotopic (exact) mass is 612 g/mol. The van der Waals surface area contributed by atoms with Crippen LogP contribution in [-0.2, 0) is 25.6 Å². The lowest BCUT2D eigenvalue weighted by molar-refractivity contribution is -0.136. The molecule has 0 radical (unpaired) electrons. The van der Waals surface area contributed by atoms with Crippen molar-refractivity contribution >= 4 is 46.3 Å². The van der Waals surface area contributed by atoms with E-state index in [9.17, 15) is 19.2 Å². The van der Waals surface area contributed by atoms with E-state index >= 15 is 0 Å². The van der Waals surface area contributed by atoms with E-state index in [0.717, 1.165) is 17.7 Å². The third-order valence-electron chi connectivity index (χ3n) is 7.97. The summed E-state index contributed by atoms with van der Waals surface area (Å²) in [5.74, 6) is 0.113. The molecule has 0 aliphatic carbocycles. The highest BCUT2D eigenvalue weighted by atomic mass is 32.1. The van der Waals surface area contributed by atoms with Crippen LogP contribution < -0.4 is 10.6 Å². The van der Waals surface area contributed by atoms with Gasteiger partial charge in [-0.1, -0.05) is 6.07 Å². The largest absolute Gasteiger partial charge is 0.416 e. The summed E-state index contributed by atoms with van der Waals surface area (Å²) >= 11 is 1.54. The van der Waals surface area contributed by atoms with E-state index in [0.29, 0.717) is 66.6 Å². The minimum absolute atomic E-state index is 0.0304. The maximum atomic E-state index is 13.1. The average molecular weight is 613 g/mol. The normalized spacial score (nSPS) is 17.9. The van der Waals surface area contributed by atoms with E-state index in [1.165, 1.54) is 18.3 Å². The number of likely N-dealkylation sites (tertiary alicyclic amines) is 2. The van der Waals surface area contributed by atoms with Crippen molar-refractivity contribution in [1.82, 2.24) is 20.0 Å². The summed E-state index contributed by atoms with van der Waals surface area (Å²) in [5, 5.41) is 16.1. The van der Waals surface area contributed by atoms with Crippen molar-refractivity contribution in [1.29, 1.82) is 0 Å². The van der Waals surface area contributed by atoms with Crippen LogP contribution in [-0.4, -0.2) is 68.8 Å². The number of nitrogens with zero attached hydrogens (tertiary/aromatic N) is 4. The Kier molecular flexibility index (Phi) is 8.51. The van der Waals surface area contributed by atoms with E-state index in [1.807, 2.05) is 17.5 Å². The fourth-order valence-electron chi connectivity index (χ4n) is 5.72. The highest BCUT2D eigenvalue weighted by Gasteiger charge is 2.34. The van der Waals surface area contributed by atoms with Crippen LogP contribution in [0.1, 0.15) is 37.5 Å². The predicted octanol–water partition coefficient (Wildman–Crippen LogP) is 4.59. The standard InChI is InChI=1S/C32H32N6O5S/c1-20(39)37-16-2-6-26(37)29(41)33-23-12-8-21(9-13-23)31-35-36-32(43-31)22-10-14-24(15-11-22)34-30(42)27-7-3-17-38(27)28(40)19-25-5-4-18-44-25/h4-5,8-15,18,26-27H,2-3,6-7,16-17,19H2,1H3,(H,33,41)(H,34,42)/t26-,27-/m0/s1. The zero-order valence-electron chi connectivity index (χ0n) is 24.2. The fraction of sp³-hybridized carbons (Fsp3) is 0.312. The van der Waals surface area contributed by atoms with E-state index in [4.69, 9.17) is 4.42 Å². The number of aromatic nitrogens is 2. The number of rotatable bonds is 8. The van der Waals surface area contributed by atoms with Crippen LogP contribution in [0.2, 0.25) is 0 Å². The van der Waals surface area contributed by atoms with Gasteiger partial charge < -0.3 is 24.9 Å². The van der Waals surface area contributed by atoms with Gasteiger partial charge in [-0.3, -0.25) is 19.2 Å². The Morgan fingerprint density at radius 1 is 0.795 bits per heavy atom. The average Bonchev–Trinajstić information content (AvgIpc) is 3.85. The van der Waals surface area contributed by atoms with Crippen LogP contribution >= 0.6 is 11.3 Å². The van der Waals surface area contributed by atoms with Crippen LogP contribution in [0, 0.1) is 0 Å². The van der Waals surface area contributed by atoms with Gasteiger partial charge in [-0.05, 0) is 85.7 Å². The van der Waals surface area contributed by atoms with E-state index in [-0.39, 0.29) is 23.6 Å². The highest BCUT2D eigenvalue weighted by molar-refractivity contribution is 7.10. The molecule has 2 saturated heterocycles. The van der Waals surface area contributed by atoms with Crippen LogP contribution in [0.3, 0.4) is 0 Å². The summed E-state index contributed by atoms with van der Waals surface area (Å²) in [7, 11) is 0. The molecule has 2 N–H and O–H groups in total. The van der Waals surface area contributed by atoms with Gasteiger partial charge in [0.1, 0.15) is 12.1 Å². The summed E-state index contributed by atoms with van der Waals surface area (Å²) in [5.41, 5.74) is 2.59. The number of hydrogen-bond donors (Lipinski definition) is 2. The van der Waals surface area contributed by atoms with Gasteiger partial charge in [0.05, 0.1) is 6.42 Å². The molecule has 2 fully saturated rings. The summed E-state index contributed by atoms with van der Waals surface area (Å²) in [4.78, 5) is 54.7. The Balaban J connectivity index is 1.05. The van der Waals surface area contributed by atoms with Gasteiger partial charge in [-0.2, -0.15) is 0 Å². The lowest BCUT2D eigenvalue weighted by Crippen LogP contribution is -2.43. The number of anilines is 2. The van der Waals surface area contributed by atoms with Gasteiger partial charge in [0.25, 0.3) is 0 Å². The molecule has 6 rings (SSSR count). The zero-order chi connectivity index (χ0) is 30.6. The molecule has 2 aromatic carbocycles. The van der Waals surface area contributed by atoms with E-state index in [1.54, 1.807) is 58.3 Å². The first-order chi connectivity index (χ1) is 21.4. The molecule has 2 aliphatic heterocycles. The molecule has 2 atom stereocenters. The number of benzene rings is 2. The molecule has 4 amide bonds. The lowest BCUT2D eigenvalue weighted by atomic mass is 10.1. The second-order valence-corrected chi connectivity index (χ2v) is 11.9. The Hall–Kier alpha value is -4.84. The maximum Gasteiger partial charge on any atom is 0.248 e. The van der Waals surface area contributed by atoms with Crippen LogP contribution in [0.25, 0.3) is 22.9 Å². The van der Waals surface area contributed by atoms with Gasteiger partial charge >= 0.3 is 0 Å². The molecule has 0 saturated carbocycles. The SMILES string of the molecule is CC(=O)N1CCC[C@H]1C(=O)Nc1ccc(-c2nnc(-c3ccc(NC(=O)[C@@H]4CCCN4C(=O)Cc4cccs4)cc3)o2)cc1. The smallest absolute Gasteiger partial charge is 0.248 e. The number of amides is 4. The zero-order valence-corrected chi connectivity index (χ0v) is 25.0. The molecule has 4 heterocycles. The second kappa shape index (κ2) is 12.8. The summed E-state index contributed by atoms with van der Waals surface area (Å²) in [6, 6.07) is 17.1. The Morgan fingerprint density at radius 3 is 1.82 bits per heavy atom. The topological polar surface area (TPSA) is 138 Å². The van der Waals surface area contributed by atoms with Crippen molar-refractivity contribution in [3.63, 3.8) is 0 Å². The third-order valence-corrected chi connectivity index (χ3v) is 8.84. The summed E-state index contributed by atoms with van der Waals surface area (Å²) < 4.78 is 5.90. The highest BCUT2D eigenvalue weighted by Crippen LogP contribution is 2.27. The van der Waals surface area contributed by atoms with Crippen molar-refractivity contribution in [2.45, 2.75) is 51.1 Å². The van der Waals surface area contributed by atoms with Crippen molar-refractivity contribution < 1.29 is 23.6 Å². The predicted molar refractivity (Wildman–Crippen MR) is 166 cm³/mol. The molecule has 2 aliphatic rings. The summed E-state index contributed by atoms with van der Waals surface area (Å²) in [6.07, 6.45) is 3.20. The number of carbonyl (C=O) groups is 4. The first-order valence-electron chi connectivity index (χ1n) is 14.6. The van der Waals surface area contributed by atoms with Crippen molar-refractivity contribution in [3.05, 3.63) is 70.9 Å². The first-order valence-corrected chi connectivity index (χ1v) is 15.5. The van der Waals surface area contributed by atoms with Crippen LogP contribution in [0.5, 0.6) is 0 Å². The Labute approximate surface area is 258 Å². The van der Waals surface area contributed by atoms with E-state index in [2.05, 4.69) is 20.8 Å². The van der Waals surface area contributed by atoms with Gasteiger partial charge in [0.15, 0.2) is 0 Å². The number of carbonyl (C=O) groups excluding carboxylic acids is 4.